The number of carbonyl (C=O) groups is 1. The molecule has 1 amide bonds. The molecule has 1 unspecified atom stereocenters. The minimum atomic E-state index is -0.0888. The van der Waals surface area contributed by atoms with E-state index in [0.717, 1.165) is 18.5 Å². The molecule has 0 aromatic carbocycles. The number of nitrogens with zero attached hydrogens (tertiary/aromatic N) is 2. The number of allylic oxidation sites excluding steroid dienone is 1. The number of rotatable bonds is 2. The predicted molar refractivity (Wildman–Crippen MR) is 61.0 cm³/mol. The third kappa shape index (κ3) is 2.31. The summed E-state index contributed by atoms with van der Waals surface area (Å²) in [6.07, 6.45) is 1.68. The Morgan fingerprint density at radius 1 is 1.53 bits per heavy atom. The first kappa shape index (κ1) is 12.0. The quantitative estimate of drug-likeness (QED) is 0.739. The number of amides is 1. The molecule has 0 aromatic rings. The van der Waals surface area contributed by atoms with Crippen LogP contribution in [0.15, 0.2) is 12.3 Å². The number of likely N-dealkylation sites (N-methyl/N-ethyl adjacent to an activating group) is 1. The van der Waals surface area contributed by atoms with Crippen molar-refractivity contribution in [3.05, 3.63) is 12.3 Å². The van der Waals surface area contributed by atoms with Crippen LogP contribution in [0.4, 0.5) is 0 Å². The summed E-state index contributed by atoms with van der Waals surface area (Å²) in [6, 6.07) is 0.0716. The summed E-state index contributed by atoms with van der Waals surface area (Å²) in [4.78, 5) is 12.2. The van der Waals surface area contributed by atoms with Crippen LogP contribution in [0.25, 0.3) is 0 Å². The van der Waals surface area contributed by atoms with Gasteiger partial charge in [-0.1, -0.05) is 6.58 Å². The van der Waals surface area contributed by atoms with Gasteiger partial charge in [0.2, 0.25) is 0 Å². The fourth-order valence-corrected chi connectivity index (χ4v) is 1.92. The van der Waals surface area contributed by atoms with Gasteiger partial charge in [-0.25, -0.2) is 0 Å². The van der Waals surface area contributed by atoms with Crippen molar-refractivity contribution in [2.45, 2.75) is 38.8 Å². The highest BCUT2D eigenvalue weighted by molar-refractivity contribution is 5.82. The molecule has 1 saturated heterocycles. The summed E-state index contributed by atoms with van der Waals surface area (Å²) in [5, 5.41) is 6.71. The van der Waals surface area contributed by atoms with Crippen molar-refractivity contribution < 1.29 is 4.79 Å². The molecule has 4 nitrogen and oxygen atoms in total. The largest absolute Gasteiger partial charge is 0.309 e. The van der Waals surface area contributed by atoms with Crippen molar-refractivity contribution in [3.63, 3.8) is 0 Å². The molecule has 1 fully saturated rings. The summed E-state index contributed by atoms with van der Waals surface area (Å²) in [5.74, 6) is 0.133. The van der Waals surface area contributed by atoms with Crippen LogP contribution < -0.4 is 5.32 Å². The molecule has 0 bridgehead atoms. The van der Waals surface area contributed by atoms with Crippen molar-refractivity contribution in [1.82, 2.24) is 15.3 Å². The minimum Gasteiger partial charge on any atom is -0.309 e. The summed E-state index contributed by atoms with van der Waals surface area (Å²) in [7, 11) is 3.73. The smallest absolute Gasteiger partial charge is 0.258 e. The average molecular weight is 211 g/mol. The van der Waals surface area contributed by atoms with Crippen molar-refractivity contribution in [1.29, 1.82) is 0 Å². The van der Waals surface area contributed by atoms with Crippen LogP contribution >= 0.6 is 0 Å². The van der Waals surface area contributed by atoms with Gasteiger partial charge < -0.3 is 5.32 Å². The van der Waals surface area contributed by atoms with Gasteiger partial charge in [-0.2, -0.15) is 0 Å². The zero-order chi connectivity index (χ0) is 11.6. The second-order valence-corrected chi connectivity index (χ2v) is 4.25. The number of hydrazine groups is 1. The number of nitrogens with one attached hydrogen (secondary N) is 1. The third-order valence-electron chi connectivity index (χ3n) is 2.86. The lowest BCUT2D eigenvalue weighted by atomic mass is 10.1. The highest BCUT2D eigenvalue weighted by Gasteiger charge is 2.31. The molecule has 0 radical (unpaired) electrons. The van der Waals surface area contributed by atoms with E-state index in [9.17, 15) is 4.79 Å². The monoisotopic (exact) mass is 211 g/mol. The maximum atomic E-state index is 12.2. The summed E-state index contributed by atoms with van der Waals surface area (Å²) < 4.78 is 0. The molecule has 4 heteroatoms. The minimum absolute atomic E-state index is 0.0888. The maximum absolute atomic E-state index is 12.2. The van der Waals surface area contributed by atoms with Crippen molar-refractivity contribution in [3.8, 4) is 0 Å². The van der Waals surface area contributed by atoms with Crippen LogP contribution in [0.1, 0.15) is 26.7 Å². The lowest BCUT2D eigenvalue weighted by molar-refractivity contribution is -0.148. The molecule has 1 heterocycles. The van der Waals surface area contributed by atoms with E-state index in [1.54, 1.807) is 5.01 Å². The van der Waals surface area contributed by atoms with Gasteiger partial charge >= 0.3 is 0 Å². The Bertz CT molecular complexity index is 263. The van der Waals surface area contributed by atoms with E-state index in [2.05, 4.69) is 11.9 Å². The Kier molecular flexibility index (Phi) is 3.74. The second-order valence-electron chi connectivity index (χ2n) is 4.25. The highest BCUT2D eigenvalue weighted by atomic mass is 16.2. The molecule has 1 aliphatic heterocycles. The zero-order valence-corrected chi connectivity index (χ0v) is 10.1. The van der Waals surface area contributed by atoms with Crippen LogP contribution in [-0.4, -0.2) is 42.1 Å². The average Bonchev–Trinajstić information content (AvgIpc) is 2.26. The Labute approximate surface area is 91.9 Å². The topological polar surface area (TPSA) is 35.6 Å². The molecule has 15 heavy (non-hydrogen) atoms. The normalized spacial score (nSPS) is 23.7. The van der Waals surface area contributed by atoms with Gasteiger partial charge in [-0.3, -0.25) is 14.8 Å². The van der Waals surface area contributed by atoms with Crippen LogP contribution in [0.2, 0.25) is 0 Å². The van der Waals surface area contributed by atoms with Crippen LogP contribution in [0, 0.1) is 0 Å². The maximum Gasteiger partial charge on any atom is 0.258 e. The van der Waals surface area contributed by atoms with Gasteiger partial charge in [-0.05, 0) is 33.7 Å². The SMILES string of the molecule is C=C1CCC(NC)C(=O)N(C(C)C)N1C. The Morgan fingerprint density at radius 3 is 2.60 bits per heavy atom. The van der Waals surface area contributed by atoms with E-state index in [1.807, 2.05) is 33.0 Å². The summed E-state index contributed by atoms with van der Waals surface area (Å²) >= 11 is 0. The van der Waals surface area contributed by atoms with Crippen LogP contribution in [0.5, 0.6) is 0 Å². The second kappa shape index (κ2) is 4.66. The molecule has 1 N–H and O–H groups in total. The number of hydrogen-bond donors (Lipinski definition) is 1. The molecule has 1 atom stereocenters. The molecule has 1 aliphatic rings. The molecular weight excluding hydrogens is 190 g/mol. The lowest BCUT2D eigenvalue weighted by Crippen LogP contribution is -2.52. The van der Waals surface area contributed by atoms with Crippen LogP contribution in [0.3, 0.4) is 0 Å². The van der Waals surface area contributed by atoms with Crippen LogP contribution in [-0.2, 0) is 4.79 Å². The van der Waals surface area contributed by atoms with Crippen molar-refractivity contribution >= 4 is 5.91 Å². The number of carbonyl (C=O) groups excluding carboxylic acids is 1. The Balaban J connectivity index is 2.95. The standard InChI is InChI=1S/C11H21N3O/c1-8(2)14-11(15)10(12-4)7-6-9(3)13(14)5/h8,10,12H,3,6-7H2,1-2,4-5H3. The summed E-state index contributed by atoms with van der Waals surface area (Å²) in [6.45, 7) is 8.02. The molecule has 0 aromatic heterocycles. The zero-order valence-electron chi connectivity index (χ0n) is 10.1. The van der Waals surface area contributed by atoms with E-state index >= 15 is 0 Å². The Hall–Kier alpha value is -1.03. The van der Waals surface area contributed by atoms with Gasteiger partial charge in [0.25, 0.3) is 5.91 Å². The molecule has 0 spiro atoms. The van der Waals surface area contributed by atoms with E-state index in [1.165, 1.54) is 0 Å². The van der Waals surface area contributed by atoms with Gasteiger partial charge in [0, 0.05) is 18.8 Å². The van der Waals surface area contributed by atoms with Crippen molar-refractivity contribution in [2.24, 2.45) is 0 Å². The first-order valence-corrected chi connectivity index (χ1v) is 5.40. The van der Waals surface area contributed by atoms with Gasteiger partial charge in [0.15, 0.2) is 0 Å². The molecule has 1 rings (SSSR count). The highest BCUT2D eigenvalue weighted by Crippen LogP contribution is 2.20. The van der Waals surface area contributed by atoms with E-state index in [-0.39, 0.29) is 18.0 Å². The fraction of sp³-hybridized carbons (Fsp3) is 0.727. The molecule has 86 valence electrons. The van der Waals surface area contributed by atoms with E-state index in [0.29, 0.717) is 0 Å². The Morgan fingerprint density at radius 2 is 2.13 bits per heavy atom. The summed E-state index contributed by atoms with van der Waals surface area (Å²) in [5.41, 5.74) is 0.995. The lowest BCUT2D eigenvalue weighted by Gasteiger charge is -2.36. The van der Waals surface area contributed by atoms with E-state index < -0.39 is 0 Å². The number of hydrogen-bond acceptors (Lipinski definition) is 3. The molecule has 0 aliphatic carbocycles. The third-order valence-corrected chi connectivity index (χ3v) is 2.86. The van der Waals surface area contributed by atoms with Gasteiger partial charge in [-0.15, -0.1) is 0 Å². The van der Waals surface area contributed by atoms with Gasteiger partial charge in [0.1, 0.15) is 0 Å². The predicted octanol–water partition coefficient (Wildman–Crippen LogP) is 0.966. The molecular formula is C11H21N3O. The van der Waals surface area contributed by atoms with Gasteiger partial charge in [0.05, 0.1) is 6.04 Å². The van der Waals surface area contributed by atoms with E-state index in [4.69, 9.17) is 0 Å². The molecule has 0 saturated carbocycles. The first-order valence-electron chi connectivity index (χ1n) is 5.40. The fourth-order valence-electron chi connectivity index (χ4n) is 1.92. The van der Waals surface area contributed by atoms with Crippen molar-refractivity contribution in [2.75, 3.05) is 14.1 Å². The first-order chi connectivity index (χ1) is 6.99.